The standard InChI is InChI=1S/C14H24N2O9P2S/c1-8(2)27(22,28)25-11-9(5-7-26(19,20)21)24-13(12(11)23-3)16-6-4-10(17)15-14(16)18/h4,6,8-9,11-13H,5,7H2,1-3H3,(H,22,28)(H,15,17,18)(H2,19,20,21)/t9-,11-,12-,13-,27?/m1/s1. The predicted octanol–water partition coefficient (Wildman–Crippen LogP) is 0.112. The van der Waals surface area contributed by atoms with Crippen molar-refractivity contribution in [3.05, 3.63) is 33.1 Å². The summed E-state index contributed by atoms with van der Waals surface area (Å²) < 4.78 is 29.4. The summed E-state index contributed by atoms with van der Waals surface area (Å²) in [6.45, 7) is 0.105. The van der Waals surface area contributed by atoms with Crippen LogP contribution in [0, 0.1) is 0 Å². The lowest BCUT2D eigenvalue weighted by molar-refractivity contribution is -0.0538. The Morgan fingerprint density at radius 3 is 2.46 bits per heavy atom. The van der Waals surface area contributed by atoms with Gasteiger partial charge in [0.2, 0.25) is 0 Å². The van der Waals surface area contributed by atoms with Crippen molar-refractivity contribution in [2.24, 2.45) is 0 Å². The Labute approximate surface area is 166 Å². The van der Waals surface area contributed by atoms with Gasteiger partial charge < -0.3 is 28.7 Å². The third-order valence-electron chi connectivity index (χ3n) is 4.31. The summed E-state index contributed by atoms with van der Waals surface area (Å²) in [4.78, 5) is 54.4. The smallest absolute Gasteiger partial charge is 0.330 e. The molecule has 0 amide bonds. The molecular formula is C14H24N2O9P2S. The van der Waals surface area contributed by atoms with Gasteiger partial charge in [-0.1, -0.05) is 13.8 Å². The Morgan fingerprint density at radius 2 is 1.96 bits per heavy atom. The molecule has 1 fully saturated rings. The molecule has 1 aliphatic heterocycles. The van der Waals surface area contributed by atoms with Crippen molar-refractivity contribution in [1.29, 1.82) is 0 Å². The summed E-state index contributed by atoms with van der Waals surface area (Å²) in [6, 6.07) is 1.13. The Kier molecular flexibility index (Phi) is 7.58. The molecule has 0 spiro atoms. The minimum absolute atomic E-state index is 0.114. The van der Waals surface area contributed by atoms with Gasteiger partial charge in [-0.05, 0) is 18.2 Å². The van der Waals surface area contributed by atoms with Gasteiger partial charge in [0, 0.05) is 25.0 Å². The summed E-state index contributed by atoms with van der Waals surface area (Å²) in [5.74, 6) is 0. The molecule has 5 atom stereocenters. The van der Waals surface area contributed by atoms with Crippen LogP contribution >= 0.6 is 14.1 Å². The number of rotatable bonds is 8. The number of ether oxygens (including phenoxy) is 2. The van der Waals surface area contributed by atoms with Gasteiger partial charge in [0.1, 0.15) is 12.2 Å². The maximum Gasteiger partial charge on any atom is 0.330 e. The van der Waals surface area contributed by atoms with Crippen molar-refractivity contribution in [3.8, 4) is 0 Å². The normalized spacial score (nSPS) is 27.8. The first-order valence-corrected chi connectivity index (χ1v) is 12.9. The number of hydrogen-bond donors (Lipinski definition) is 4. The molecule has 2 heterocycles. The van der Waals surface area contributed by atoms with E-state index in [1.54, 1.807) is 13.8 Å². The molecule has 14 heteroatoms. The van der Waals surface area contributed by atoms with Crippen molar-refractivity contribution in [2.45, 2.75) is 50.5 Å². The number of nitrogens with zero attached hydrogens (tertiary/aromatic N) is 1. The molecule has 1 unspecified atom stereocenters. The molecule has 1 aromatic heterocycles. The van der Waals surface area contributed by atoms with Crippen molar-refractivity contribution < 1.29 is 33.2 Å². The van der Waals surface area contributed by atoms with Gasteiger partial charge in [0.15, 0.2) is 12.7 Å². The Bertz CT molecular complexity index is 895. The van der Waals surface area contributed by atoms with Crippen LogP contribution in [-0.2, 0) is 30.4 Å². The first kappa shape index (κ1) is 23.6. The minimum Gasteiger partial charge on any atom is -0.374 e. The summed E-state index contributed by atoms with van der Waals surface area (Å²) in [7, 11) is -2.98. The molecule has 0 radical (unpaired) electrons. The average molecular weight is 458 g/mol. The van der Waals surface area contributed by atoms with Crippen LogP contribution in [-0.4, -0.2) is 61.5 Å². The van der Waals surface area contributed by atoms with Crippen LogP contribution < -0.4 is 11.2 Å². The van der Waals surface area contributed by atoms with Crippen LogP contribution in [0.1, 0.15) is 26.5 Å². The fourth-order valence-corrected chi connectivity index (χ4v) is 4.50. The van der Waals surface area contributed by atoms with E-state index < -0.39 is 56.0 Å². The lowest BCUT2D eigenvalue weighted by Crippen LogP contribution is -2.39. The second-order valence-corrected chi connectivity index (χ2v) is 12.4. The molecule has 1 aromatic rings. The zero-order chi connectivity index (χ0) is 21.3. The topological polar surface area (TPSA) is 160 Å². The fraction of sp³-hybridized carbons (Fsp3) is 0.714. The van der Waals surface area contributed by atoms with Gasteiger partial charge in [0.25, 0.3) is 5.56 Å². The predicted molar refractivity (Wildman–Crippen MR) is 104 cm³/mol. The lowest BCUT2D eigenvalue weighted by Gasteiger charge is -2.29. The van der Waals surface area contributed by atoms with E-state index in [9.17, 15) is 28.8 Å². The second kappa shape index (κ2) is 8.99. The molecule has 11 nitrogen and oxygen atoms in total. The van der Waals surface area contributed by atoms with Gasteiger partial charge in [-0.3, -0.25) is 18.9 Å². The largest absolute Gasteiger partial charge is 0.374 e. The number of H-pyrrole nitrogens is 1. The van der Waals surface area contributed by atoms with E-state index in [2.05, 4.69) is 4.98 Å². The molecule has 2 rings (SSSR count). The summed E-state index contributed by atoms with van der Waals surface area (Å²) >= 11 is 5.18. The fourth-order valence-electron chi connectivity index (χ4n) is 2.76. The monoisotopic (exact) mass is 458 g/mol. The van der Waals surface area contributed by atoms with Crippen LogP contribution in [0.15, 0.2) is 21.9 Å². The van der Waals surface area contributed by atoms with Crippen LogP contribution in [0.4, 0.5) is 0 Å². The maximum atomic E-state index is 12.2. The van der Waals surface area contributed by atoms with Crippen LogP contribution in [0.2, 0.25) is 0 Å². The lowest BCUT2D eigenvalue weighted by atomic mass is 10.1. The van der Waals surface area contributed by atoms with Gasteiger partial charge >= 0.3 is 13.3 Å². The third kappa shape index (κ3) is 5.69. The summed E-state index contributed by atoms with van der Waals surface area (Å²) in [5.41, 5.74) is -1.72. The van der Waals surface area contributed by atoms with Crippen LogP contribution in [0.5, 0.6) is 0 Å². The first-order valence-electron chi connectivity index (χ1n) is 8.41. The van der Waals surface area contributed by atoms with Gasteiger partial charge in [0.05, 0.1) is 12.3 Å². The van der Waals surface area contributed by atoms with E-state index in [4.69, 9.17) is 25.8 Å². The maximum absolute atomic E-state index is 12.2. The number of aromatic amines is 1. The van der Waals surface area contributed by atoms with Gasteiger partial charge in [-0.2, -0.15) is 0 Å². The number of hydrogen-bond acceptors (Lipinski definition) is 7. The van der Waals surface area contributed by atoms with E-state index in [-0.39, 0.29) is 12.1 Å². The van der Waals surface area contributed by atoms with Gasteiger partial charge in [-0.25, -0.2) is 4.79 Å². The Balaban J connectivity index is 2.41. The highest BCUT2D eigenvalue weighted by Crippen LogP contribution is 2.52. The summed E-state index contributed by atoms with van der Waals surface area (Å²) in [5, 5.41) is 0. The van der Waals surface area contributed by atoms with Crippen LogP contribution in [0.3, 0.4) is 0 Å². The molecular weight excluding hydrogens is 434 g/mol. The van der Waals surface area contributed by atoms with E-state index in [0.29, 0.717) is 0 Å². The Hall–Kier alpha value is -0.680. The molecule has 1 saturated heterocycles. The zero-order valence-electron chi connectivity index (χ0n) is 15.5. The quantitative estimate of drug-likeness (QED) is 0.394. The van der Waals surface area contributed by atoms with Crippen molar-refractivity contribution >= 4 is 25.9 Å². The van der Waals surface area contributed by atoms with Crippen LogP contribution in [0.25, 0.3) is 0 Å². The number of nitrogens with one attached hydrogen (secondary N) is 1. The van der Waals surface area contributed by atoms with Crippen molar-refractivity contribution in [3.63, 3.8) is 0 Å². The molecule has 0 aliphatic carbocycles. The first-order chi connectivity index (χ1) is 12.9. The third-order valence-corrected chi connectivity index (χ3v) is 8.53. The highest BCUT2D eigenvalue weighted by molar-refractivity contribution is 8.09. The minimum atomic E-state index is -4.32. The average Bonchev–Trinajstić information content (AvgIpc) is 2.88. The molecule has 4 N–H and O–H groups in total. The zero-order valence-corrected chi connectivity index (χ0v) is 18.1. The van der Waals surface area contributed by atoms with E-state index in [0.717, 1.165) is 10.6 Å². The van der Waals surface area contributed by atoms with Crippen molar-refractivity contribution in [2.75, 3.05) is 13.3 Å². The molecule has 1 aliphatic rings. The van der Waals surface area contributed by atoms with E-state index in [1.165, 1.54) is 13.3 Å². The SMILES string of the molecule is CO[C@@H]1[C@H](OP(O)(=S)C(C)C)[C@@H](CCP(=O)(O)O)O[C@H]1n1ccc(=O)[nH]c1=O. The van der Waals surface area contributed by atoms with Gasteiger partial charge in [-0.15, -0.1) is 0 Å². The molecule has 0 bridgehead atoms. The van der Waals surface area contributed by atoms with Crippen molar-refractivity contribution in [1.82, 2.24) is 9.55 Å². The molecule has 0 aromatic carbocycles. The van der Waals surface area contributed by atoms with E-state index in [1.807, 2.05) is 0 Å². The highest BCUT2D eigenvalue weighted by Gasteiger charge is 2.49. The molecule has 28 heavy (non-hydrogen) atoms. The highest BCUT2D eigenvalue weighted by atomic mass is 32.5. The summed E-state index contributed by atoms with van der Waals surface area (Å²) in [6.07, 6.45) is -3.23. The number of methoxy groups -OCH3 is 1. The second-order valence-electron chi connectivity index (χ2n) is 6.69. The molecule has 160 valence electrons. The molecule has 0 saturated carbocycles. The number of aromatic nitrogens is 2. The van der Waals surface area contributed by atoms with E-state index >= 15 is 0 Å². The Morgan fingerprint density at radius 1 is 1.32 bits per heavy atom.